The molecule has 0 saturated carbocycles. The van der Waals surface area contributed by atoms with Gasteiger partial charge in [-0.05, 0) is 63.8 Å². The van der Waals surface area contributed by atoms with Crippen LogP contribution in [0.1, 0.15) is 65.9 Å². The number of nitrogens with one attached hydrogen (secondary N) is 2. The number of carbonyl (C=O) groups excluding carboxylic acids is 2. The molecule has 1 heterocycles. The summed E-state index contributed by atoms with van der Waals surface area (Å²) in [6, 6.07) is 5.08. The van der Waals surface area contributed by atoms with Crippen LogP contribution in [-0.4, -0.2) is 56.4 Å². The zero-order valence-corrected chi connectivity index (χ0v) is 25.5. The number of benzene rings is 1. The van der Waals surface area contributed by atoms with Gasteiger partial charge in [0.05, 0.1) is 25.5 Å². The molecule has 1 aromatic carbocycles. The van der Waals surface area contributed by atoms with Gasteiger partial charge in [0.15, 0.2) is 0 Å². The third-order valence-corrected chi connectivity index (χ3v) is 8.91. The number of unbranched alkanes of at least 4 members (excludes halogenated alkanes) is 2. The van der Waals surface area contributed by atoms with Crippen molar-refractivity contribution in [1.29, 1.82) is 0 Å². The van der Waals surface area contributed by atoms with E-state index >= 15 is 0 Å². The first-order valence-electron chi connectivity index (χ1n) is 14.0. The molecule has 0 unspecified atom stereocenters. The molecule has 11 heteroatoms. The van der Waals surface area contributed by atoms with Gasteiger partial charge in [-0.3, -0.25) is 9.36 Å². The lowest BCUT2D eigenvalue weighted by Crippen LogP contribution is -2.53. The third-order valence-electron chi connectivity index (χ3n) is 6.80. The topological polar surface area (TPSA) is 121 Å². The van der Waals surface area contributed by atoms with Crippen LogP contribution in [0.25, 0.3) is 0 Å². The number of esters is 1. The minimum Gasteiger partial charge on any atom is -0.464 e. The van der Waals surface area contributed by atoms with Crippen molar-refractivity contribution in [2.24, 2.45) is 11.8 Å². The Morgan fingerprint density at radius 2 is 1.82 bits per heavy atom. The van der Waals surface area contributed by atoms with Crippen molar-refractivity contribution in [3.8, 4) is 18.1 Å². The Morgan fingerprint density at radius 3 is 2.42 bits per heavy atom. The smallest absolute Gasteiger partial charge is 0.330 e. The molecule has 0 aliphatic carbocycles. The number of rotatable bonds is 15. The predicted molar refractivity (Wildman–Crippen MR) is 154 cm³/mol. The van der Waals surface area contributed by atoms with E-state index in [4.69, 9.17) is 29.7 Å². The Balaban J connectivity index is 2.10. The quantitative estimate of drug-likeness (QED) is 0.114. The molecule has 224 valence electrons. The van der Waals surface area contributed by atoms with Gasteiger partial charge < -0.3 is 33.9 Å². The molecule has 40 heavy (non-hydrogen) atoms. The summed E-state index contributed by atoms with van der Waals surface area (Å²) in [7, 11) is -3.31. The van der Waals surface area contributed by atoms with Gasteiger partial charge in [0.1, 0.15) is 11.9 Å². The fourth-order valence-electron chi connectivity index (χ4n) is 4.56. The average Bonchev–Trinajstić information content (AvgIpc) is 2.89. The highest BCUT2D eigenvalue weighted by Gasteiger charge is 2.45. The molecule has 1 fully saturated rings. The zero-order valence-electron chi connectivity index (χ0n) is 24.6. The van der Waals surface area contributed by atoms with Crippen molar-refractivity contribution in [3.63, 3.8) is 0 Å². The van der Waals surface area contributed by atoms with Crippen LogP contribution < -0.4 is 15.4 Å². The first-order chi connectivity index (χ1) is 19.0. The lowest BCUT2D eigenvalue weighted by molar-refractivity contribution is -0.239. The molecule has 1 aliphatic rings. The molecular weight excluding hydrogens is 535 g/mol. The number of aryl methyl sites for hydroxylation is 1. The highest BCUT2D eigenvalue weighted by atomic mass is 31.2. The number of terminal acetylenes is 1. The van der Waals surface area contributed by atoms with Gasteiger partial charge in [-0.25, -0.2) is 4.79 Å². The third kappa shape index (κ3) is 10.4. The average molecular weight is 581 g/mol. The first kappa shape index (κ1) is 33.6. The molecule has 1 aliphatic heterocycles. The zero-order chi connectivity index (χ0) is 29.7. The molecule has 2 N–H and O–H groups in total. The van der Waals surface area contributed by atoms with E-state index in [2.05, 4.69) is 16.6 Å². The summed E-state index contributed by atoms with van der Waals surface area (Å²) in [5.74, 6) is 2.55. The molecular formula is C29H45N2O8P. The molecule has 1 aromatic rings. The van der Waals surface area contributed by atoms with Crippen molar-refractivity contribution in [3.05, 3.63) is 23.8 Å². The number of urea groups is 1. The van der Waals surface area contributed by atoms with Crippen molar-refractivity contribution in [2.45, 2.75) is 85.7 Å². The normalized spacial score (nSPS) is 22.7. The number of amides is 2. The van der Waals surface area contributed by atoms with Crippen LogP contribution in [0.4, 0.5) is 10.5 Å². The maximum Gasteiger partial charge on any atom is 0.330 e. The molecule has 2 rings (SSSR count). The molecule has 10 nitrogen and oxygen atoms in total. The Hall–Kier alpha value is -2.57. The SMILES string of the molecule is C#CCCCCNC(=O)Nc1ccc(O[C@H]2O[C@H](CCP(=O)(OCC)OCC)[C@@H](OC(C)=O)[C@H](C)[C@@H]2C)c(C)c1. The van der Waals surface area contributed by atoms with E-state index in [1.54, 1.807) is 26.0 Å². The predicted octanol–water partition coefficient (Wildman–Crippen LogP) is 5.88. The van der Waals surface area contributed by atoms with E-state index in [0.717, 1.165) is 18.4 Å². The summed E-state index contributed by atoms with van der Waals surface area (Å²) in [5, 5.41) is 5.64. The fourth-order valence-corrected chi connectivity index (χ4v) is 6.25. The van der Waals surface area contributed by atoms with Crippen LogP contribution >= 0.6 is 7.60 Å². The van der Waals surface area contributed by atoms with E-state index < -0.39 is 32.1 Å². The van der Waals surface area contributed by atoms with E-state index in [0.29, 0.717) is 30.8 Å². The Labute approximate surface area is 238 Å². The lowest BCUT2D eigenvalue weighted by Gasteiger charge is -2.44. The standard InChI is InChI=1S/C29H45N2O8P/c1-8-11-12-13-17-30-29(33)31-24-14-15-25(20(4)19-24)38-28-22(6)21(5)27(37-23(7)32)26(39-28)16-18-40(34,35-9-2)36-10-3/h1,14-15,19,21-22,26-28H,9-13,16-18H2,2-7H3,(H2,30,31,33)/t21-,22+,26-,27+,28+/m1/s1. The van der Waals surface area contributed by atoms with Crippen molar-refractivity contribution in [1.82, 2.24) is 5.32 Å². The minimum absolute atomic E-state index is 0.100. The monoisotopic (exact) mass is 580 g/mol. The molecule has 0 aromatic heterocycles. The van der Waals surface area contributed by atoms with Gasteiger partial charge in [0.25, 0.3) is 0 Å². The largest absolute Gasteiger partial charge is 0.464 e. The van der Waals surface area contributed by atoms with E-state index in [1.807, 2.05) is 26.8 Å². The van der Waals surface area contributed by atoms with Gasteiger partial charge in [0.2, 0.25) is 6.29 Å². The fraction of sp³-hybridized carbons (Fsp3) is 0.655. The molecule has 0 bridgehead atoms. The maximum absolute atomic E-state index is 13.1. The highest BCUT2D eigenvalue weighted by molar-refractivity contribution is 7.53. The van der Waals surface area contributed by atoms with Crippen LogP contribution in [-0.2, 0) is 27.9 Å². The number of anilines is 1. The Morgan fingerprint density at radius 1 is 1.12 bits per heavy atom. The molecule has 0 radical (unpaired) electrons. The van der Waals surface area contributed by atoms with Crippen LogP contribution in [0.15, 0.2) is 18.2 Å². The van der Waals surface area contributed by atoms with Crippen LogP contribution in [0.5, 0.6) is 5.75 Å². The lowest BCUT2D eigenvalue weighted by atomic mass is 9.83. The second-order valence-corrected chi connectivity index (χ2v) is 12.1. The second kappa shape index (κ2) is 16.6. The Kier molecular flexibility index (Phi) is 14.0. The summed E-state index contributed by atoms with van der Waals surface area (Å²) in [6.45, 7) is 11.8. The van der Waals surface area contributed by atoms with Gasteiger partial charge in [-0.15, -0.1) is 12.3 Å². The van der Waals surface area contributed by atoms with Crippen molar-refractivity contribution >= 4 is 25.3 Å². The minimum atomic E-state index is -3.31. The van der Waals surface area contributed by atoms with Crippen LogP contribution in [0.2, 0.25) is 0 Å². The number of ether oxygens (including phenoxy) is 3. The number of hydrogen-bond donors (Lipinski definition) is 2. The summed E-state index contributed by atoms with van der Waals surface area (Å²) < 4.78 is 42.2. The van der Waals surface area contributed by atoms with E-state index in [1.165, 1.54) is 6.92 Å². The van der Waals surface area contributed by atoms with Crippen molar-refractivity contribution in [2.75, 3.05) is 31.2 Å². The van der Waals surface area contributed by atoms with E-state index in [-0.39, 0.29) is 37.2 Å². The van der Waals surface area contributed by atoms with Gasteiger partial charge in [0, 0.05) is 37.4 Å². The van der Waals surface area contributed by atoms with Gasteiger partial charge >= 0.3 is 19.6 Å². The Bertz CT molecular complexity index is 1050. The van der Waals surface area contributed by atoms with Crippen molar-refractivity contribution < 1.29 is 37.4 Å². The first-order valence-corrected chi connectivity index (χ1v) is 15.7. The summed E-state index contributed by atoms with van der Waals surface area (Å²) >= 11 is 0. The summed E-state index contributed by atoms with van der Waals surface area (Å²) in [6.07, 6.45) is 6.28. The highest BCUT2D eigenvalue weighted by Crippen LogP contribution is 2.49. The summed E-state index contributed by atoms with van der Waals surface area (Å²) in [5.41, 5.74) is 1.44. The molecule has 0 spiro atoms. The number of carbonyl (C=O) groups is 2. The summed E-state index contributed by atoms with van der Waals surface area (Å²) in [4.78, 5) is 24.1. The maximum atomic E-state index is 13.1. The molecule has 2 amide bonds. The second-order valence-electron chi connectivity index (χ2n) is 9.93. The van der Waals surface area contributed by atoms with Gasteiger partial charge in [-0.1, -0.05) is 13.8 Å². The van der Waals surface area contributed by atoms with E-state index in [9.17, 15) is 14.2 Å². The van der Waals surface area contributed by atoms with Gasteiger partial charge in [-0.2, -0.15) is 0 Å². The van der Waals surface area contributed by atoms with Crippen LogP contribution in [0.3, 0.4) is 0 Å². The molecule has 5 atom stereocenters. The number of hydrogen-bond acceptors (Lipinski definition) is 8. The molecule has 1 saturated heterocycles. The van der Waals surface area contributed by atoms with Crippen LogP contribution in [0, 0.1) is 31.1 Å².